The summed E-state index contributed by atoms with van der Waals surface area (Å²) in [4.78, 5) is 19.7. The zero-order valence-electron chi connectivity index (χ0n) is 16.9. The Morgan fingerprint density at radius 2 is 2.06 bits per heavy atom. The maximum atomic E-state index is 13.3. The molecule has 0 radical (unpaired) electrons. The van der Waals surface area contributed by atoms with Gasteiger partial charge in [-0.2, -0.15) is 0 Å². The molecule has 1 aliphatic rings. The Hall–Kier alpha value is -3.52. The van der Waals surface area contributed by atoms with E-state index >= 15 is 0 Å². The van der Waals surface area contributed by atoms with Crippen LogP contribution >= 0.6 is 11.3 Å². The number of amides is 1. The number of aromatic nitrogens is 1. The van der Waals surface area contributed by atoms with Crippen LogP contribution in [0, 0.1) is 0 Å². The third-order valence-electron chi connectivity index (χ3n) is 4.88. The van der Waals surface area contributed by atoms with E-state index in [2.05, 4.69) is 0 Å². The van der Waals surface area contributed by atoms with Crippen molar-refractivity contribution in [2.45, 2.75) is 19.9 Å². The second kappa shape index (κ2) is 8.31. The van der Waals surface area contributed by atoms with Gasteiger partial charge in [0.05, 0.1) is 36.1 Å². The van der Waals surface area contributed by atoms with Gasteiger partial charge in [0.1, 0.15) is 11.5 Å². The van der Waals surface area contributed by atoms with E-state index in [1.165, 1.54) is 11.3 Å². The molecular weight excluding hydrogens is 416 g/mol. The maximum Gasteiger partial charge on any atom is 0.233 e. The maximum absolute atomic E-state index is 13.3. The Bertz CT molecular complexity index is 1220. The van der Waals surface area contributed by atoms with E-state index < -0.39 is 0 Å². The molecule has 2 aromatic carbocycles. The van der Waals surface area contributed by atoms with Gasteiger partial charge in [-0.15, -0.1) is 0 Å². The van der Waals surface area contributed by atoms with Crippen molar-refractivity contribution in [1.29, 1.82) is 0 Å². The fourth-order valence-electron chi connectivity index (χ4n) is 3.41. The lowest BCUT2D eigenvalue weighted by Gasteiger charge is -2.19. The minimum Gasteiger partial charge on any atom is -0.494 e. The number of thiazole rings is 1. The van der Waals surface area contributed by atoms with Crippen molar-refractivity contribution in [2.24, 2.45) is 0 Å². The van der Waals surface area contributed by atoms with E-state index in [-0.39, 0.29) is 19.1 Å². The SMILES string of the molecule is CCOc1ccc2nc(N(Cc3ccco3)C(=O)Cc3ccc4c(c3)OCO4)sc2c1. The number of rotatable bonds is 7. The summed E-state index contributed by atoms with van der Waals surface area (Å²) in [5, 5.41) is 0.616. The van der Waals surface area contributed by atoms with Crippen LogP contribution in [0.2, 0.25) is 0 Å². The Kier molecular flexibility index (Phi) is 5.21. The Balaban J connectivity index is 1.45. The number of carbonyl (C=O) groups is 1. The molecule has 2 aromatic heterocycles. The molecule has 1 aliphatic heterocycles. The Morgan fingerprint density at radius 1 is 1.16 bits per heavy atom. The Labute approximate surface area is 182 Å². The molecule has 4 aromatic rings. The molecule has 0 saturated heterocycles. The number of ether oxygens (including phenoxy) is 3. The van der Waals surface area contributed by atoms with E-state index in [1.807, 2.05) is 55.5 Å². The van der Waals surface area contributed by atoms with Gasteiger partial charge in [-0.3, -0.25) is 9.69 Å². The molecule has 0 bridgehead atoms. The van der Waals surface area contributed by atoms with Gasteiger partial charge < -0.3 is 18.6 Å². The number of carbonyl (C=O) groups excluding carboxylic acids is 1. The van der Waals surface area contributed by atoms with Crippen molar-refractivity contribution in [3.63, 3.8) is 0 Å². The van der Waals surface area contributed by atoms with Gasteiger partial charge in [-0.25, -0.2) is 4.98 Å². The van der Waals surface area contributed by atoms with E-state index in [0.717, 1.165) is 21.5 Å². The topological polar surface area (TPSA) is 74.0 Å². The summed E-state index contributed by atoms with van der Waals surface area (Å²) in [5.41, 5.74) is 1.67. The molecule has 3 heterocycles. The van der Waals surface area contributed by atoms with Gasteiger partial charge in [0.15, 0.2) is 16.6 Å². The van der Waals surface area contributed by atoms with Crippen LogP contribution in [-0.2, 0) is 17.8 Å². The molecule has 158 valence electrons. The summed E-state index contributed by atoms with van der Waals surface area (Å²) in [6.07, 6.45) is 1.81. The number of fused-ring (bicyclic) bond motifs is 2. The van der Waals surface area contributed by atoms with Crippen LogP contribution < -0.4 is 19.1 Å². The van der Waals surface area contributed by atoms with Gasteiger partial charge in [0.2, 0.25) is 12.7 Å². The molecule has 0 fully saturated rings. The first kappa shape index (κ1) is 19.4. The third-order valence-corrected chi connectivity index (χ3v) is 5.92. The van der Waals surface area contributed by atoms with Gasteiger partial charge in [-0.1, -0.05) is 17.4 Å². The highest BCUT2D eigenvalue weighted by Gasteiger charge is 2.23. The number of hydrogen-bond acceptors (Lipinski definition) is 7. The first-order valence-electron chi connectivity index (χ1n) is 9.94. The highest BCUT2D eigenvalue weighted by atomic mass is 32.1. The number of nitrogens with zero attached hydrogens (tertiary/aromatic N) is 2. The van der Waals surface area contributed by atoms with Crippen LogP contribution in [0.15, 0.2) is 59.2 Å². The molecule has 5 rings (SSSR count). The standard InChI is InChI=1S/C23H20N2O5S/c1-2-27-16-6-7-18-21(12-16)31-23(24-18)25(13-17-4-3-9-28-17)22(26)11-15-5-8-19-20(10-15)30-14-29-19/h3-10,12H,2,11,13-14H2,1H3. The summed E-state index contributed by atoms with van der Waals surface area (Å²) in [6, 6.07) is 15.0. The monoisotopic (exact) mass is 436 g/mol. The molecule has 7 nitrogen and oxygen atoms in total. The number of benzene rings is 2. The largest absolute Gasteiger partial charge is 0.494 e. The van der Waals surface area contributed by atoms with E-state index in [1.54, 1.807) is 11.2 Å². The lowest BCUT2D eigenvalue weighted by molar-refractivity contribution is -0.118. The van der Waals surface area contributed by atoms with Crippen LogP contribution in [-0.4, -0.2) is 24.3 Å². The summed E-state index contributed by atoms with van der Waals surface area (Å²) in [5.74, 6) is 2.74. The molecule has 0 unspecified atom stereocenters. The Morgan fingerprint density at radius 3 is 2.90 bits per heavy atom. The normalized spacial score (nSPS) is 12.3. The van der Waals surface area contributed by atoms with E-state index in [0.29, 0.717) is 35.5 Å². The van der Waals surface area contributed by atoms with Gasteiger partial charge in [-0.05, 0) is 55.0 Å². The van der Waals surface area contributed by atoms with Crippen molar-refractivity contribution in [1.82, 2.24) is 4.98 Å². The molecular formula is C23H20N2O5S. The van der Waals surface area contributed by atoms with Crippen LogP contribution in [0.1, 0.15) is 18.2 Å². The van der Waals surface area contributed by atoms with Gasteiger partial charge >= 0.3 is 0 Å². The lowest BCUT2D eigenvalue weighted by atomic mass is 10.1. The quantitative estimate of drug-likeness (QED) is 0.415. The second-order valence-electron chi connectivity index (χ2n) is 6.98. The summed E-state index contributed by atoms with van der Waals surface area (Å²) in [7, 11) is 0. The fraction of sp³-hybridized carbons (Fsp3) is 0.217. The van der Waals surface area contributed by atoms with Gasteiger partial charge in [0.25, 0.3) is 0 Å². The summed E-state index contributed by atoms with van der Waals surface area (Å²) in [6.45, 7) is 3.04. The second-order valence-corrected chi connectivity index (χ2v) is 7.99. The fourth-order valence-corrected chi connectivity index (χ4v) is 4.42. The minimum absolute atomic E-state index is 0.0839. The molecule has 1 amide bonds. The number of anilines is 1. The molecule has 0 atom stereocenters. The van der Waals surface area contributed by atoms with E-state index in [9.17, 15) is 4.79 Å². The van der Waals surface area contributed by atoms with Crippen molar-refractivity contribution in [3.8, 4) is 17.2 Å². The van der Waals surface area contributed by atoms with Crippen LogP contribution in [0.5, 0.6) is 17.2 Å². The third kappa shape index (κ3) is 4.06. The average molecular weight is 436 g/mol. The molecule has 0 saturated carbocycles. The van der Waals surface area contributed by atoms with Crippen molar-refractivity contribution in [3.05, 3.63) is 66.1 Å². The summed E-state index contributed by atoms with van der Waals surface area (Å²) < 4.78 is 22.8. The smallest absolute Gasteiger partial charge is 0.233 e. The molecule has 0 aliphatic carbocycles. The van der Waals surface area contributed by atoms with Crippen LogP contribution in [0.4, 0.5) is 5.13 Å². The van der Waals surface area contributed by atoms with Gasteiger partial charge in [0, 0.05) is 0 Å². The van der Waals surface area contributed by atoms with E-state index in [4.69, 9.17) is 23.6 Å². The van der Waals surface area contributed by atoms with Crippen molar-refractivity contribution < 1.29 is 23.4 Å². The highest BCUT2D eigenvalue weighted by Crippen LogP contribution is 2.34. The minimum atomic E-state index is -0.0839. The average Bonchev–Trinajstić information content (AvgIpc) is 3.51. The van der Waals surface area contributed by atoms with Crippen LogP contribution in [0.25, 0.3) is 10.2 Å². The highest BCUT2D eigenvalue weighted by molar-refractivity contribution is 7.22. The van der Waals surface area contributed by atoms with Crippen molar-refractivity contribution >= 4 is 32.6 Å². The lowest BCUT2D eigenvalue weighted by Crippen LogP contribution is -2.31. The molecule has 8 heteroatoms. The zero-order chi connectivity index (χ0) is 21.2. The molecule has 0 N–H and O–H groups in total. The molecule has 31 heavy (non-hydrogen) atoms. The first-order valence-corrected chi connectivity index (χ1v) is 10.8. The number of furan rings is 1. The predicted octanol–water partition coefficient (Wildman–Crippen LogP) is 4.79. The summed E-state index contributed by atoms with van der Waals surface area (Å²) >= 11 is 1.45. The molecule has 0 spiro atoms. The van der Waals surface area contributed by atoms with Crippen LogP contribution in [0.3, 0.4) is 0 Å². The first-order chi connectivity index (χ1) is 15.2. The predicted molar refractivity (Wildman–Crippen MR) is 117 cm³/mol. The number of hydrogen-bond donors (Lipinski definition) is 0. The zero-order valence-corrected chi connectivity index (χ0v) is 17.7. The van der Waals surface area contributed by atoms with Crippen molar-refractivity contribution in [2.75, 3.05) is 18.3 Å².